The lowest BCUT2D eigenvalue weighted by atomic mass is 10.2. The highest BCUT2D eigenvalue weighted by molar-refractivity contribution is 5.59. The summed E-state index contributed by atoms with van der Waals surface area (Å²) in [5, 5.41) is 8.64. The Morgan fingerprint density at radius 3 is 2.40 bits per heavy atom. The second kappa shape index (κ2) is 2.11. The fraction of sp³-hybridized carbons (Fsp3) is 0.200. The fourth-order valence-corrected chi connectivity index (χ4v) is 0.576. The van der Waals surface area contributed by atoms with Crippen LogP contribution >= 0.6 is 0 Å². The molecule has 0 bridgehead atoms. The van der Waals surface area contributed by atoms with Crippen LogP contribution in [0.2, 0.25) is 0 Å². The molecule has 10 heavy (non-hydrogen) atoms. The van der Waals surface area contributed by atoms with Gasteiger partial charge in [0.1, 0.15) is 0 Å². The van der Waals surface area contributed by atoms with Crippen molar-refractivity contribution in [1.29, 1.82) is 0 Å². The highest BCUT2D eigenvalue weighted by Gasteiger charge is 2.19. The SMILES string of the molecule is CONc1c(O)c(=O)c1=O. The van der Waals surface area contributed by atoms with Gasteiger partial charge in [-0.05, 0) is 0 Å². The predicted octanol–water partition coefficient (Wildman–Crippen LogP) is -1.04. The largest absolute Gasteiger partial charge is 0.502 e. The summed E-state index contributed by atoms with van der Waals surface area (Å²) in [5.41, 5.74) is 0.272. The molecule has 0 unspecified atom stereocenters. The van der Waals surface area contributed by atoms with E-state index in [9.17, 15) is 9.59 Å². The van der Waals surface area contributed by atoms with Gasteiger partial charge in [0.05, 0.1) is 7.11 Å². The average molecular weight is 143 g/mol. The third kappa shape index (κ3) is 0.679. The summed E-state index contributed by atoms with van der Waals surface area (Å²) >= 11 is 0. The third-order valence-corrected chi connectivity index (χ3v) is 1.09. The van der Waals surface area contributed by atoms with Crippen molar-refractivity contribution in [3.63, 3.8) is 0 Å². The van der Waals surface area contributed by atoms with Gasteiger partial charge in [-0.1, -0.05) is 0 Å². The Morgan fingerprint density at radius 1 is 1.40 bits per heavy atom. The third-order valence-electron chi connectivity index (χ3n) is 1.09. The first kappa shape index (κ1) is 6.76. The molecule has 0 aliphatic rings. The van der Waals surface area contributed by atoms with Crippen LogP contribution in [0, 0.1) is 0 Å². The van der Waals surface area contributed by atoms with Crippen molar-refractivity contribution in [3.8, 4) is 5.75 Å². The molecular formula is C5H5NO4. The standard InChI is InChI=1S/C5H5NO4/c1-10-6-2-3(7)5(9)4(2)8/h6-7H,1H3. The van der Waals surface area contributed by atoms with Crippen molar-refractivity contribution in [2.24, 2.45) is 0 Å². The summed E-state index contributed by atoms with van der Waals surface area (Å²) in [6, 6.07) is 0. The first-order valence-corrected chi connectivity index (χ1v) is 2.49. The van der Waals surface area contributed by atoms with E-state index in [1.807, 2.05) is 0 Å². The molecule has 54 valence electrons. The van der Waals surface area contributed by atoms with Crippen LogP contribution in [0.15, 0.2) is 9.59 Å². The smallest absolute Gasteiger partial charge is 0.271 e. The minimum Gasteiger partial charge on any atom is -0.502 e. The fourth-order valence-electron chi connectivity index (χ4n) is 0.576. The monoisotopic (exact) mass is 143 g/mol. The summed E-state index contributed by atoms with van der Waals surface area (Å²) in [5.74, 6) is -0.563. The summed E-state index contributed by atoms with van der Waals surface area (Å²) in [7, 11) is 1.27. The normalized spacial score (nSPS) is 10.1. The number of anilines is 1. The van der Waals surface area contributed by atoms with Crippen LogP contribution in [0.3, 0.4) is 0 Å². The molecule has 1 aromatic carbocycles. The Kier molecular flexibility index (Phi) is 1.42. The molecule has 0 spiro atoms. The molecule has 0 saturated carbocycles. The quantitative estimate of drug-likeness (QED) is 0.408. The van der Waals surface area contributed by atoms with E-state index >= 15 is 0 Å². The second-order valence-electron chi connectivity index (χ2n) is 1.69. The first-order valence-electron chi connectivity index (χ1n) is 2.49. The molecule has 1 aromatic rings. The Balaban J connectivity index is 2.99. The van der Waals surface area contributed by atoms with Gasteiger partial charge in [-0.15, -0.1) is 0 Å². The summed E-state index contributed by atoms with van der Waals surface area (Å²) in [6.45, 7) is 0. The number of aromatic hydroxyl groups is 1. The van der Waals surface area contributed by atoms with E-state index in [-0.39, 0.29) is 5.69 Å². The van der Waals surface area contributed by atoms with E-state index in [2.05, 4.69) is 10.3 Å². The molecule has 0 radical (unpaired) electrons. The molecule has 2 N–H and O–H groups in total. The molecule has 1 rings (SSSR count). The molecule has 0 aromatic heterocycles. The lowest BCUT2D eigenvalue weighted by Crippen LogP contribution is -2.33. The van der Waals surface area contributed by atoms with Gasteiger partial charge in [0.25, 0.3) is 10.9 Å². The zero-order valence-corrected chi connectivity index (χ0v) is 5.17. The van der Waals surface area contributed by atoms with E-state index in [1.54, 1.807) is 0 Å². The average Bonchev–Trinajstić information content (AvgIpc) is 1.98. The van der Waals surface area contributed by atoms with Crippen LogP contribution in [0.4, 0.5) is 5.69 Å². The van der Waals surface area contributed by atoms with Crippen LogP contribution in [-0.4, -0.2) is 12.2 Å². The topological polar surface area (TPSA) is 75.6 Å². The zero-order chi connectivity index (χ0) is 7.72. The van der Waals surface area contributed by atoms with Crippen molar-refractivity contribution >= 4 is 5.69 Å². The van der Waals surface area contributed by atoms with Crippen molar-refractivity contribution in [2.45, 2.75) is 0 Å². The minimum absolute atomic E-state index is 0.174. The molecule has 0 aliphatic heterocycles. The predicted molar refractivity (Wildman–Crippen MR) is 33.7 cm³/mol. The maximum Gasteiger partial charge on any atom is 0.271 e. The van der Waals surface area contributed by atoms with Gasteiger partial charge in [0.2, 0.25) is 0 Å². The molecule has 0 atom stereocenters. The minimum atomic E-state index is -0.875. The van der Waals surface area contributed by atoms with Crippen LogP contribution in [0.5, 0.6) is 5.75 Å². The van der Waals surface area contributed by atoms with Gasteiger partial charge in [-0.2, -0.15) is 0 Å². The van der Waals surface area contributed by atoms with Crippen LogP contribution in [-0.2, 0) is 4.84 Å². The number of hydrogen-bond acceptors (Lipinski definition) is 5. The van der Waals surface area contributed by atoms with Crippen LogP contribution in [0.25, 0.3) is 0 Å². The first-order chi connectivity index (χ1) is 4.68. The summed E-state index contributed by atoms with van der Waals surface area (Å²) < 4.78 is 0. The Labute approximate surface area is 55.5 Å². The van der Waals surface area contributed by atoms with E-state index < -0.39 is 16.6 Å². The maximum absolute atomic E-state index is 10.5. The number of nitrogens with one attached hydrogen (secondary N) is 1. The van der Waals surface area contributed by atoms with Crippen LogP contribution in [0.1, 0.15) is 0 Å². The molecule has 0 saturated heterocycles. The van der Waals surface area contributed by atoms with Crippen LogP contribution < -0.4 is 16.3 Å². The Morgan fingerprint density at radius 2 is 2.00 bits per heavy atom. The number of rotatable bonds is 2. The van der Waals surface area contributed by atoms with Crippen molar-refractivity contribution in [2.75, 3.05) is 12.6 Å². The molecule has 0 amide bonds. The lowest BCUT2D eigenvalue weighted by Gasteiger charge is -2.04. The second-order valence-corrected chi connectivity index (χ2v) is 1.69. The van der Waals surface area contributed by atoms with E-state index in [0.717, 1.165) is 0 Å². The molecule has 5 nitrogen and oxygen atoms in total. The Bertz CT molecular complexity index is 309. The highest BCUT2D eigenvalue weighted by atomic mass is 16.6. The molecular weight excluding hydrogens is 138 g/mol. The molecule has 0 heterocycles. The Hall–Kier alpha value is -1.36. The number of hydrogen-bond donors (Lipinski definition) is 2. The van der Waals surface area contributed by atoms with E-state index in [0.29, 0.717) is 0 Å². The van der Waals surface area contributed by atoms with E-state index in [4.69, 9.17) is 5.11 Å². The van der Waals surface area contributed by atoms with Crippen molar-refractivity contribution in [3.05, 3.63) is 20.4 Å². The highest BCUT2D eigenvalue weighted by Crippen LogP contribution is 2.13. The molecule has 0 aliphatic carbocycles. The summed E-state index contributed by atoms with van der Waals surface area (Å²) in [4.78, 5) is 25.0. The van der Waals surface area contributed by atoms with Gasteiger partial charge in [-0.3, -0.25) is 19.9 Å². The van der Waals surface area contributed by atoms with Gasteiger partial charge in [0.15, 0.2) is 11.4 Å². The van der Waals surface area contributed by atoms with Gasteiger partial charge in [0, 0.05) is 0 Å². The van der Waals surface area contributed by atoms with Gasteiger partial charge < -0.3 is 5.11 Å². The van der Waals surface area contributed by atoms with Crippen molar-refractivity contribution in [1.82, 2.24) is 0 Å². The zero-order valence-electron chi connectivity index (χ0n) is 5.17. The van der Waals surface area contributed by atoms with E-state index in [1.165, 1.54) is 7.11 Å². The van der Waals surface area contributed by atoms with Gasteiger partial charge in [-0.25, -0.2) is 0 Å². The lowest BCUT2D eigenvalue weighted by molar-refractivity contribution is 0.267. The van der Waals surface area contributed by atoms with Crippen molar-refractivity contribution < 1.29 is 9.94 Å². The molecule has 5 heteroatoms. The summed E-state index contributed by atoms with van der Waals surface area (Å²) in [6.07, 6.45) is 0. The molecule has 0 fully saturated rings. The van der Waals surface area contributed by atoms with Gasteiger partial charge >= 0.3 is 0 Å². The maximum atomic E-state index is 10.5.